The number of thioether (sulfide) groups is 1. The number of rotatable bonds is 25. The Morgan fingerprint density at radius 1 is 0.743 bits per heavy atom. The molecule has 402 valence electrons. The number of amides is 8. The minimum atomic E-state index is -1.64. The number of aliphatic hydroxyl groups is 1. The smallest absolute Gasteiger partial charge is 0.326 e. The Morgan fingerprint density at radius 3 is 2.03 bits per heavy atom. The first-order chi connectivity index (χ1) is 35.4. The van der Waals surface area contributed by atoms with Crippen molar-refractivity contribution in [1.82, 2.24) is 36.4 Å². The van der Waals surface area contributed by atoms with E-state index in [9.17, 15) is 53.4 Å². The predicted octanol–water partition coefficient (Wildman–Crippen LogP) is -4.08. The van der Waals surface area contributed by atoms with E-state index in [2.05, 4.69) is 36.6 Å². The van der Waals surface area contributed by atoms with Crippen LogP contribution in [0.4, 0.5) is 5.69 Å². The van der Waals surface area contributed by atoms with Crippen LogP contribution in [-0.4, -0.2) is 179 Å². The van der Waals surface area contributed by atoms with Crippen LogP contribution in [0, 0.1) is 0 Å². The largest absolute Gasteiger partial charge is 0.480 e. The summed E-state index contributed by atoms with van der Waals surface area (Å²) in [5.41, 5.74) is 28.5. The van der Waals surface area contributed by atoms with Crippen molar-refractivity contribution in [1.29, 1.82) is 0 Å². The van der Waals surface area contributed by atoms with E-state index in [4.69, 9.17) is 28.7 Å². The van der Waals surface area contributed by atoms with E-state index >= 15 is 0 Å². The highest BCUT2D eigenvalue weighted by Gasteiger charge is 2.43. The van der Waals surface area contributed by atoms with Crippen molar-refractivity contribution in [3.8, 4) is 0 Å². The van der Waals surface area contributed by atoms with Gasteiger partial charge in [-0.05, 0) is 69.1 Å². The van der Waals surface area contributed by atoms with Gasteiger partial charge in [-0.15, -0.1) is 11.8 Å². The zero-order valence-electron chi connectivity index (χ0n) is 40.9. The van der Waals surface area contributed by atoms with Gasteiger partial charge < -0.3 is 80.2 Å². The number of aliphatic carboxylic acids is 1. The minimum Gasteiger partial charge on any atom is -0.480 e. The molecule has 3 aliphatic rings. The molecule has 8 amide bonds. The van der Waals surface area contributed by atoms with E-state index in [1.165, 1.54) is 21.6 Å². The minimum absolute atomic E-state index is 0.0188. The van der Waals surface area contributed by atoms with Gasteiger partial charge in [0.2, 0.25) is 41.4 Å². The molecule has 0 radical (unpaired) electrons. The highest BCUT2D eigenvalue weighted by atomic mass is 32.2. The number of carbonyl (C=O) groups excluding carboxylic acids is 8. The van der Waals surface area contributed by atoms with Crippen molar-refractivity contribution >= 4 is 82.6 Å². The first kappa shape index (κ1) is 57.4. The second-order valence-electron chi connectivity index (χ2n) is 17.9. The topological polar surface area (TPSA) is 419 Å². The third-order valence-corrected chi connectivity index (χ3v) is 13.6. The Bertz CT molecular complexity index is 2410. The molecular formula is C47H67N15O11S. The number of nitrogens with zero attached hydrogens (tertiary/aromatic N) is 5. The van der Waals surface area contributed by atoms with E-state index < -0.39 is 115 Å². The SMILES string of the molecule is NC(N)=NCCCC(NC(=O)CN1C(=O)[C@H](NC(=O)[C@H](CO)NC(=O)[C@H](Cc2ccccc2)NC(=O)CNC(=O)[C@@H]2CCCN2C(=O)[C@@H]2CCCN2C(=O)[C@@H](N)CCCN=C(N)N)CSc2ccccc21)C(=O)O. The molecule has 2 fully saturated rings. The molecular weight excluding hydrogens is 983 g/mol. The Kier molecular flexibility index (Phi) is 21.8. The summed E-state index contributed by atoms with van der Waals surface area (Å²) < 4.78 is 0. The van der Waals surface area contributed by atoms with Gasteiger partial charge in [0.05, 0.1) is 24.9 Å². The van der Waals surface area contributed by atoms with Gasteiger partial charge in [-0.3, -0.25) is 48.3 Å². The van der Waals surface area contributed by atoms with Crippen molar-refractivity contribution in [2.24, 2.45) is 38.7 Å². The number of aliphatic imine (C=N–C) groups is 2. The maximum Gasteiger partial charge on any atom is 0.326 e. The van der Waals surface area contributed by atoms with Crippen LogP contribution in [0.3, 0.4) is 0 Å². The molecule has 2 aromatic rings. The van der Waals surface area contributed by atoms with E-state index in [-0.39, 0.29) is 50.0 Å². The Balaban J connectivity index is 1.20. The average Bonchev–Trinajstić information content (AvgIpc) is 4.06. The predicted molar refractivity (Wildman–Crippen MR) is 272 cm³/mol. The fourth-order valence-corrected chi connectivity index (χ4v) is 9.80. The number of likely N-dealkylation sites (tertiary alicyclic amines) is 2. The fourth-order valence-electron chi connectivity index (χ4n) is 8.73. The average molecular weight is 1050 g/mol. The number of carboxylic acid groups (broad SMARTS) is 1. The lowest BCUT2D eigenvalue weighted by Crippen LogP contribution is -2.59. The van der Waals surface area contributed by atoms with Gasteiger partial charge in [-0.25, -0.2) is 4.79 Å². The van der Waals surface area contributed by atoms with Gasteiger partial charge in [0.25, 0.3) is 5.91 Å². The lowest BCUT2D eigenvalue weighted by molar-refractivity contribution is -0.147. The number of anilines is 1. The lowest BCUT2D eigenvalue weighted by Gasteiger charge is -2.32. The van der Waals surface area contributed by atoms with E-state index in [1.807, 2.05) is 0 Å². The zero-order chi connectivity index (χ0) is 53.9. The number of fused-ring (bicyclic) bond motifs is 1. The maximum absolute atomic E-state index is 14.1. The van der Waals surface area contributed by atoms with Gasteiger partial charge in [0.15, 0.2) is 11.9 Å². The third kappa shape index (κ3) is 16.5. The first-order valence-corrected chi connectivity index (χ1v) is 25.2. The number of para-hydroxylation sites is 1. The number of aliphatic hydroxyl groups excluding tert-OH is 1. The number of nitrogens with two attached hydrogens (primary N) is 5. The number of hydrogen-bond acceptors (Lipinski definition) is 14. The van der Waals surface area contributed by atoms with Gasteiger partial charge in [-0.1, -0.05) is 42.5 Å². The number of benzene rings is 2. The molecule has 27 heteroatoms. The summed E-state index contributed by atoms with van der Waals surface area (Å²) >= 11 is 1.19. The molecule has 0 saturated carbocycles. The fraction of sp³-hybridized carbons (Fsp3) is 0.511. The molecule has 7 atom stereocenters. The summed E-state index contributed by atoms with van der Waals surface area (Å²) in [7, 11) is 0. The zero-order valence-corrected chi connectivity index (χ0v) is 41.7. The van der Waals surface area contributed by atoms with Crippen molar-refractivity contribution in [3.63, 3.8) is 0 Å². The molecule has 2 saturated heterocycles. The van der Waals surface area contributed by atoms with Crippen LogP contribution >= 0.6 is 11.8 Å². The normalized spacial score (nSPS) is 18.8. The maximum atomic E-state index is 14.1. The van der Waals surface area contributed by atoms with Crippen LogP contribution in [0.2, 0.25) is 0 Å². The molecule has 0 aliphatic carbocycles. The lowest BCUT2D eigenvalue weighted by atomic mass is 10.0. The standard InChI is InChI=1S/C47H67N15O11S/c48-28(12-6-18-53-46(49)50)42(69)61-21-9-16-35(61)44(71)60-20-8-15-34(60)41(68)55-23-37(64)57-30(22-27-10-2-1-3-11-27)39(66)58-31(25-63)40(67)59-32-26-74-36-17-5-4-14-33(36)62(43(32)70)24-38(65)56-29(45(72)73)13-7-19-54-47(51)52/h1-5,10-11,14,17,28-32,34-35,63H,6-9,12-13,15-16,18-26,48H2,(H,55,68)(H,56,65)(H,57,64)(H,58,66)(H,59,67)(H,72,73)(H4,49,50,53)(H4,51,52,54)/t28-,29?,30-,31-,32+,34-,35-/m0/s1. The van der Waals surface area contributed by atoms with E-state index in [0.29, 0.717) is 67.8 Å². The highest BCUT2D eigenvalue weighted by Crippen LogP contribution is 2.34. The highest BCUT2D eigenvalue weighted by molar-refractivity contribution is 7.99. The van der Waals surface area contributed by atoms with Crippen molar-refractivity contribution in [2.75, 3.05) is 56.5 Å². The Morgan fingerprint density at radius 2 is 1.36 bits per heavy atom. The monoisotopic (exact) mass is 1050 g/mol. The Labute approximate surface area is 431 Å². The molecule has 2 aromatic carbocycles. The number of carbonyl (C=O) groups is 9. The number of nitrogens with one attached hydrogen (secondary N) is 5. The number of hydrogen-bond donors (Lipinski definition) is 12. The summed E-state index contributed by atoms with van der Waals surface area (Å²) in [6, 6.07) is 6.96. The van der Waals surface area contributed by atoms with Crippen molar-refractivity contribution in [2.45, 2.75) is 105 Å². The van der Waals surface area contributed by atoms with Gasteiger partial charge >= 0.3 is 5.97 Å². The van der Waals surface area contributed by atoms with Crippen LogP contribution in [0.5, 0.6) is 0 Å². The van der Waals surface area contributed by atoms with E-state index in [0.717, 1.165) is 4.90 Å². The number of carboxylic acids is 1. The summed E-state index contributed by atoms with van der Waals surface area (Å²) in [4.78, 5) is 134. The number of guanidine groups is 2. The molecule has 5 rings (SSSR count). The summed E-state index contributed by atoms with van der Waals surface area (Å²) in [6.45, 7) is -1.17. The second kappa shape index (κ2) is 28.1. The van der Waals surface area contributed by atoms with Gasteiger partial charge in [0.1, 0.15) is 42.8 Å². The van der Waals surface area contributed by atoms with Crippen LogP contribution < -0.4 is 60.2 Å². The molecule has 3 aliphatic heterocycles. The molecule has 0 aromatic heterocycles. The van der Waals surface area contributed by atoms with Crippen molar-refractivity contribution < 1.29 is 53.4 Å². The molecule has 1 unspecified atom stereocenters. The Hall–Kier alpha value is -7.52. The van der Waals surface area contributed by atoms with Crippen molar-refractivity contribution in [3.05, 3.63) is 60.2 Å². The third-order valence-electron chi connectivity index (χ3n) is 12.4. The summed E-state index contributed by atoms with van der Waals surface area (Å²) in [5, 5.41) is 32.8. The van der Waals surface area contributed by atoms with Crippen LogP contribution in [0.15, 0.2) is 69.5 Å². The van der Waals surface area contributed by atoms with E-state index in [1.54, 1.807) is 54.6 Å². The van der Waals surface area contributed by atoms with Crippen LogP contribution in [0.1, 0.15) is 56.9 Å². The first-order valence-electron chi connectivity index (χ1n) is 24.2. The quantitative estimate of drug-likeness (QED) is 0.0256. The second-order valence-corrected chi connectivity index (χ2v) is 18.9. The molecule has 0 spiro atoms. The van der Waals surface area contributed by atoms with Crippen LogP contribution in [0.25, 0.3) is 0 Å². The molecule has 17 N–H and O–H groups in total. The van der Waals surface area contributed by atoms with Gasteiger partial charge in [0, 0.05) is 43.2 Å². The summed E-state index contributed by atoms with van der Waals surface area (Å²) in [5.74, 6) is -7.20. The molecule has 3 heterocycles. The molecule has 74 heavy (non-hydrogen) atoms. The molecule has 26 nitrogen and oxygen atoms in total. The van der Waals surface area contributed by atoms with Crippen LogP contribution in [-0.2, 0) is 49.6 Å². The summed E-state index contributed by atoms with van der Waals surface area (Å²) in [6.07, 6.45) is 2.62. The molecule has 0 bridgehead atoms. The van der Waals surface area contributed by atoms with Gasteiger partial charge in [-0.2, -0.15) is 0 Å².